The number of ether oxygens (including phenoxy) is 1. The number of carbonyl (C=O) groups is 1. The molecule has 5 fully saturated rings. The molecule has 0 aromatic heterocycles. The first-order valence-corrected chi connectivity index (χ1v) is 12.7. The number of halogens is 1. The third-order valence-electron chi connectivity index (χ3n) is 10.3. The summed E-state index contributed by atoms with van der Waals surface area (Å²) in [7, 11) is 1.87. The highest BCUT2D eigenvalue weighted by atomic mass is 79.9. The van der Waals surface area contributed by atoms with Crippen LogP contribution in [0.1, 0.15) is 65.2 Å². The van der Waals surface area contributed by atoms with Gasteiger partial charge in [0.2, 0.25) is 0 Å². The van der Waals surface area contributed by atoms with Crippen LogP contribution in [0.3, 0.4) is 0 Å². The zero-order valence-corrected chi connectivity index (χ0v) is 19.3. The highest BCUT2D eigenvalue weighted by Gasteiger charge is 2.72. The Balaban J connectivity index is 1.48. The molecule has 0 aromatic carbocycles. The Morgan fingerprint density at radius 2 is 1.89 bits per heavy atom. The van der Waals surface area contributed by atoms with Gasteiger partial charge in [0.05, 0.1) is 17.5 Å². The van der Waals surface area contributed by atoms with Gasteiger partial charge < -0.3 is 9.84 Å². The second kappa shape index (κ2) is 6.53. The van der Waals surface area contributed by atoms with E-state index in [9.17, 15) is 9.90 Å². The van der Waals surface area contributed by atoms with Gasteiger partial charge in [-0.05, 0) is 105 Å². The van der Waals surface area contributed by atoms with Gasteiger partial charge in [-0.2, -0.15) is 0 Å². The lowest BCUT2D eigenvalue weighted by molar-refractivity contribution is -0.179. The van der Waals surface area contributed by atoms with Crippen LogP contribution >= 0.6 is 15.9 Å². The molecule has 0 saturated heterocycles. The number of methoxy groups -OCH3 is 1. The Morgan fingerprint density at radius 1 is 1.11 bits per heavy atom. The third kappa shape index (κ3) is 2.62. The number of rotatable bonds is 4. The molecule has 158 valence electrons. The fraction of sp³-hybridized carbons (Fsp3) is 0.958. The first kappa shape index (κ1) is 20.0. The average Bonchev–Trinajstić information content (AvgIpc) is 3.35. The Kier molecular flexibility index (Phi) is 4.67. The van der Waals surface area contributed by atoms with Crippen molar-refractivity contribution in [1.82, 2.24) is 0 Å². The standard InChI is InChI=1S/C24H37BrO3/c1-22(27)8-9-24(13-28-3)14(11-22)4-5-15-18(24)6-7-23(2)20(15)16-10-17(16)21(23)19(26)12-25/h14-18,20-21,27H,4-13H2,1-3H3/t14-,15-,16?,17?,18+,20-,21?,22-,23+,24-/m1/s1. The summed E-state index contributed by atoms with van der Waals surface area (Å²) in [5, 5.41) is 11.3. The summed E-state index contributed by atoms with van der Waals surface area (Å²) in [4.78, 5) is 12.8. The number of aliphatic hydroxyl groups is 1. The minimum Gasteiger partial charge on any atom is -0.390 e. The molecule has 3 nitrogen and oxygen atoms in total. The molecule has 1 N–H and O–H groups in total. The van der Waals surface area contributed by atoms with Crippen LogP contribution in [0.25, 0.3) is 0 Å². The maximum Gasteiger partial charge on any atom is 0.147 e. The van der Waals surface area contributed by atoms with E-state index in [0.717, 1.165) is 49.5 Å². The second-order valence-corrected chi connectivity index (χ2v) is 12.2. The number of carbonyl (C=O) groups excluding carboxylic acids is 1. The zero-order valence-electron chi connectivity index (χ0n) is 17.8. The summed E-state index contributed by atoms with van der Waals surface area (Å²) in [6.07, 6.45) is 9.27. The molecule has 28 heavy (non-hydrogen) atoms. The molecular weight excluding hydrogens is 416 g/mol. The fourth-order valence-corrected chi connectivity index (χ4v) is 9.79. The van der Waals surface area contributed by atoms with Gasteiger partial charge in [0.15, 0.2) is 0 Å². The summed E-state index contributed by atoms with van der Waals surface area (Å²) < 4.78 is 5.87. The van der Waals surface area contributed by atoms with Crippen LogP contribution in [-0.4, -0.2) is 35.5 Å². The molecule has 5 aliphatic rings. The van der Waals surface area contributed by atoms with Gasteiger partial charge in [-0.3, -0.25) is 4.79 Å². The summed E-state index contributed by atoms with van der Waals surface area (Å²) >= 11 is 3.48. The molecule has 0 radical (unpaired) electrons. The van der Waals surface area contributed by atoms with Crippen molar-refractivity contribution >= 4 is 21.7 Å². The summed E-state index contributed by atoms with van der Waals surface area (Å²) in [5.74, 6) is 5.04. The Labute approximate surface area is 178 Å². The van der Waals surface area contributed by atoms with Gasteiger partial charge in [0.1, 0.15) is 5.78 Å². The lowest BCUT2D eigenvalue weighted by Crippen LogP contribution is -2.59. The molecule has 0 aliphatic heterocycles. The monoisotopic (exact) mass is 452 g/mol. The molecule has 0 spiro atoms. The molecule has 5 saturated carbocycles. The summed E-state index contributed by atoms with van der Waals surface area (Å²) in [5.41, 5.74) is -0.0235. The van der Waals surface area contributed by atoms with E-state index >= 15 is 0 Å². The molecule has 3 unspecified atom stereocenters. The predicted octanol–water partition coefficient (Wildman–Crippen LogP) is 4.84. The molecule has 0 heterocycles. The SMILES string of the molecule is COC[C@]12CC[C@@](C)(O)C[C@H]1CC[C@@H]1[C@@H]2CC[C@]2(C)C(C(=O)CBr)C3CC3[C@@H]12. The third-order valence-corrected chi connectivity index (χ3v) is 10.9. The van der Waals surface area contributed by atoms with Crippen LogP contribution in [-0.2, 0) is 9.53 Å². The van der Waals surface area contributed by atoms with Gasteiger partial charge >= 0.3 is 0 Å². The van der Waals surface area contributed by atoms with Crippen molar-refractivity contribution in [3.63, 3.8) is 0 Å². The van der Waals surface area contributed by atoms with E-state index in [1.54, 1.807) is 0 Å². The molecule has 4 heteroatoms. The first-order chi connectivity index (χ1) is 13.3. The lowest BCUT2D eigenvalue weighted by Gasteiger charge is -2.63. The molecule has 0 amide bonds. The number of ketones is 1. The molecule has 5 aliphatic carbocycles. The van der Waals surface area contributed by atoms with Gasteiger partial charge in [-0.25, -0.2) is 0 Å². The minimum atomic E-state index is -0.500. The molecular formula is C24H37BrO3. The van der Waals surface area contributed by atoms with Gasteiger partial charge in [-0.15, -0.1) is 0 Å². The van der Waals surface area contributed by atoms with Crippen molar-refractivity contribution in [2.24, 2.45) is 52.3 Å². The summed E-state index contributed by atoms with van der Waals surface area (Å²) in [6.45, 7) is 5.36. The van der Waals surface area contributed by atoms with Crippen molar-refractivity contribution in [1.29, 1.82) is 0 Å². The predicted molar refractivity (Wildman–Crippen MR) is 113 cm³/mol. The normalized spacial score (nSPS) is 57.0. The van der Waals surface area contributed by atoms with E-state index in [2.05, 4.69) is 22.9 Å². The number of Topliss-reactive ketones (excluding diaryl/α,β-unsaturated/α-hetero) is 1. The Hall–Kier alpha value is 0.0700. The van der Waals surface area contributed by atoms with Gasteiger partial charge in [0.25, 0.3) is 0 Å². The number of hydrogen-bond acceptors (Lipinski definition) is 3. The van der Waals surface area contributed by atoms with Crippen LogP contribution in [0.5, 0.6) is 0 Å². The quantitative estimate of drug-likeness (QED) is 0.620. The van der Waals surface area contributed by atoms with Gasteiger partial charge in [0, 0.05) is 13.0 Å². The first-order valence-electron chi connectivity index (χ1n) is 11.6. The maximum atomic E-state index is 12.8. The smallest absolute Gasteiger partial charge is 0.147 e. The second-order valence-electron chi connectivity index (χ2n) is 11.6. The van der Waals surface area contributed by atoms with Crippen molar-refractivity contribution in [3.05, 3.63) is 0 Å². The van der Waals surface area contributed by atoms with Crippen LogP contribution in [0.15, 0.2) is 0 Å². The summed E-state index contributed by atoms with van der Waals surface area (Å²) in [6, 6.07) is 0. The Bertz CT molecular complexity index is 662. The van der Waals surface area contributed by atoms with Crippen LogP contribution in [0.4, 0.5) is 0 Å². The highest BCUT2D eigenvalue weighted by Crippen LogP contribution is 2.76. The van der Waals surface area contributed by atoms with Crippen LogP contribution in [0, 0.1) is 52.3 Å². The minimum absolute atomic E-state index is 0.223. The largest absolute Gasteiger partial charge is 0.390 e. The fourth-order valence-electron chi connectivity index (χ4n) is 9.44. The molecule has 0 aromatic rings. The zero-order chi connectivity index (χ0) is 19.9. The molecule has 5 rings (SSSR count). The van der Waals surface area contributed by atoms with Crippen molar-refractivity contribution < 1.29 is 14.6 Å². The van der Waals surface area contributed by atoms with E-state index in [-0.39, 0.29) is 10.8 Å². The highest BCUT2D eigenvalue weighted by molar-refractivity contribution is 9.09. The van der Waals surface area contributed by atoms with Crippen molar-refractivity contribution in [2.75, 3.05) is 19.0 Å². The molecule has 0 bridgehead atoms. The Morgan fingerprint density at radius 3 is 2.61 bits per heavy atom. The van der Waals surface area contributed by atoms with Crippen LogP contribution in [0.2, 0.25) is 0 Å². The van der Waals surface area contributed by atoms with E-state index in [4.69, 9.17) is 4.74 Å². The van der Waals surface area contributed by atoms with Gasteiger partial charge in [-0.1, -0.05) is 22.9 Å². The van der Waals surface area contributed by atoms with E-state index in [0.29, 0.717) is 28.9 Å². The van der Waals surface area contributed by atoms with Crippen molar-refractivity contribution in [3.8, 4) is 0 Å². The van der Waals surface area contributed by atoms with E-state index < -0.39 is 5.60 Å². The van der Waals surface area contributed by atoms with Crippen molar-refractivity contribution in [2.45, 2.75) is 70.8 Å². The van der Waals surface area contributed by atoms with E-state index in [1.165, 1.54) is 32.1 Å². The lowest BCUT2D eigenvalue weighted by atomic mass is 9.43. The maximum absolute atomic E-state index is 12.8. The number of fused-ring (bicyclic) bond motifs is 7. The number of hydrogen-bond donors (Lipinski definition) is 1. The van der Waals surface area contributed by atoms with Crippen LogP contribution < -0.4 is 0 Å². The number of alkyl halides is 1. The molecule has 10 atom stereocenters. The topological polar surface area (TPSA) is 46.5 Å². The van der Waals surface area contributed by atoms with E-state index in [1.807, 2.05) is 14.0 Å². The average molecular weight is 453 g/mol.